The van der Waals surface area contributed by atoms with Crippen molar-refractivity contribution in [3.63, 3.8) is 0 Å². The largest absolute Gasteiger partial charge is 0.0996 e. The summed E-state index contributed by atoms with van der Waals surface area (Å²) in [5.41, 5.74) is 1.33. The second-order valence-electron chi connectivity index (χ2n) is 4.52. The van der Waals surface area contributed by atoms with Crippen LogP contribution >= 0.6 is 18.5 Å². The molecule has 0 bridgehead atoms. The van der Waals surface area contributed by atoms with Crippen LogP contribution < -0.4 is 5.30 Å². The molecule has 2 heteroatoms. The molecule has 0 nitrogen and oxygen atoms in total. The van der Waals surface area contributed by atoms with E-state index in [2.05, 4.69) is 39.5 Å². The standard InChI is InChI=1S/C13H18ClP/c1-11(2)13(3,4)10-15(14)12-8-6-5-7-9-12/h5-9H,1,10H2,2-4H3. The number of allylic oxidation sites excluding steroid dienone is 1. The first-order chi connectivity index (χ1) is 6.93. The molecule has 1 unspecified atom stereocenters. The molecule has 0 fully saturated rings. The first-order valence-corrected chi connectivity index (χ1v) is 7.51. The molecule has 15 heavy (non-hydrogen) atoms. The second-order valence-corrected chi connectivity index (χ2v) is 7.30. The van der Waals surface area contributed by atoms with E-state index >= 15 is 0 Å². The molecule has 0 aliphatic rings. The third-order valence-electron chi connectivity index (χ3n) is 2.73. The Balaban J connectivity index is 2.72. The molecule has 0 saturated carbocycles. The van der Waals surface area contributed by atoms with Crippen molar-refractivity contribution in [2.24, 2.45) is 5.41 Å². The van der Waals surface area contributed by atoms with Gasteiger partial charge in [-0.15, -0.1) is 0 Å². The monoisotopic (exact) mass is 240 g/mol. The van der Waals surface area contributed by atoms with Gasteiger partial charge >= 0.3 is 0 Å². The summed E-state index contributed by atoms with van der Waals surface area (Å²) in [6, 6.07) is 10.3. The van der Waals surface area contributed by atoms with Crippen molar-refractivity contribution in [2.75, 3.05) is 6.16 Å². The zero-order chi connectivity index (χ0) is 11.5. The van der Waals surface area contributed by atoms with Crippen LogP contribution in [0.5, 0.6) is 0 Å². The fraction of sp³-hybridized carbons (Fsp3) is 0.385. The van der Waals surface area contributed by atoms with Crippen molar-refractivity contribution in [3.05, 3.63) is 42.5 Å². The summed E-state index contributed by atoms with van der Waals surface area (Å²) < 4.78 is 0. The SMILES string of the molecule is C=C(C)C(C)(C)CP(Cl)c1ccccc1. The topological polar surface area (TPSA) is 0 Å². The predicted octanol–water partition coefficient (Wildman–Crippen LogP) is 4.55. The van der Waals surface area contributed by atoms with Crippen LogP contribution in [-0.2, 0) is 0 Å². The average molecular weight is 241 g/mol. The van der Waals surface area contributed by atoms with Gasteiger partial charge in [-0.2, -0.15) is 0 Å². The zero-order valence-corrected chi connectivity index (χ0v) is 11.3. The quantitative estimate of drug-likeness (QED) is 0.535. The van der Waals surface area contributed by atoms with Gasteiger partial charge in [-0.25, -0.2) is 0 Å². The Morgan fingerprint density at radius 2 is 1.87 bits per heavy atom. The highest BCUT2D eigenvalue weighted by Gasteiger charge is 2.23. The molecule has 0 heterocycles. The lowest BCUT2D eigenvalue weighted by Gasteiger charge is -2.27. The second kappa shape index (κ2) is 5.14. The fourth-order valence-corrected chi connectivity index (χ4v) is 4.04. The number of hydrogen-bond acceptors (Lipinski definition) is 0. The average Bonchev–Trinajstić information content (AvgIpc) is 2.18. The van der Waals surface area contributed by atoms with Crippen LogP contribution in [0.1, 0.15) is 20.8 Å². The van der Waals surface area contributed by atoms with Crippen molar-refractivity contribution in [3.8, 4) is 0 Å². The van der Waals surface area contributed by atoms with Gasteiger partial charge in [0.15, 0.2) is 0 Å². The van der Waals surface area contributed by atoms with Crippen molar-refractivity contribution in [2.45, 2.75) is 20.8 Å². The Bertz CT molecular complexity index is 330. The van der Waals surface area contributed by atoms with E-state index in [0.717, 1.165) is 6.16 Å². The Morgan fingerprint density at radius 1 is 1.33 bits per heavy atom. The van der Waals surface area contributed by atoms with Gasteiger partial charge in [0, 0.05) is 7.27 Å². The molecular formula is C13H18ClP. The van der Waals surface area contributed by atoms with Crippen LogP contribution in [0.3, 0.4) is 0 Å². The lowest BCUT2D eigenvalue weighted by atomic mass is 9.89. The van der Waals surface area contributed by atoms with Crippen LogP contribution in [0.2, 0.25) is 0 Å². The van der Waals surface area contributed by atoms with Gasteiger partial charge in [-0.3, -0.25) is 0 Å². The lowest BCUT2D eigenvalue weighted by molar-refractivity contribution is 0.516. The molecule has 0 spiro atoms. The molecule has 1 aromatic rings. The summed E-state index contributed by atoms with van der Waals surface area (Å²) in [6.07, 6.45) is 0.989. The molecule has 0 aliphatic carbocycles. The molecule has 1 rings (SSSR count). The number of rotatable bonds is 4. The minimum absolute atomic E-state index is 0.128. The molecule has 0 radical (unpaired) electrons. The number of hydrogen-bond donors (Lipinski definition) is 0. The summed E-state index contributed by atoms with van der Waals surface area (Å²) in [7, 11) is -0.585. The lowest BCUT2D eigenvalue weighted by Crippen LogP contribution is -2.18. The van der Waals surface area contributed by atoms with Crippen molar-refractivity contribution in [1.82, 2.24) is 0 Å². The van der Waals surface area contributed by atoms with Gasteiger partial charge in [-0.05, 0) is 23.8 Å². The summed E-state index contributed by atoms with van der Waals surface area (Å²) >= 11 is 6.46. The summed E-state index contributed by atoms with van der Waals surface area (Å²) in [6.45, 7) is 10.5. The molecule has 0 amide bonds. The van der Waals surface area contributed by atoms with Crippen LogP contribution in [-0.4, -0.2) is 6.16 Å². The molecule has 82 valence electrons. The Morgan fingerprint density at radius 3 is 2.33 bits per heavy atom. The Hall–Kier alpha value is -0.320. The van der Waals surface area contributed by atoms with Gasteiger partial charge in [-0.1, -0.05) is 67.6 Å². The molecule has 0 aromatic heterocycles. The third-order valence-corrected chi connectivity index (χ3v) is 5.60. The highest BCUT2D eigenvalue weighted by atomic mass is 35.7. The summed E-state index contributed by atoms with van der Waals surface area (Å²) in [4.78, 5) is 0. The maximum atomic E-state index is 6.46. The van der Waals surface area contributed by atoms with Crippen LogP contribution in [0, 0.1) is 5.41 Å². The fourth-order valence-electron chi connectivity index (χ4n) is 1.16. The van der Waals surface area contributed by atoms with Crippen molar-refractivity contribution < 1.29 is 0 Å². The van der Waals surface area contributed by atoms with Gasteiger partial charge in [0.05, 0.1) is 0 Å². The first kappa shape index (κ1) is 12.7. The minimum Gasteiger partial charge on any atom is -0.0996 e. The molecule has 1 aromatic carbocycles. The van der Waals surface area contributed by atoms with E-state index in [4.69, 9.17) is 11.2 Å². The van der Waals surface area contributed by atoms with E-state index in [1.165, 1.54) is 10.9 Å². The number of halogens is 1. The Labute approximate surface area is 98.9 Å². The highest BCUT2D eigenvalue weighted by Crippen LogP contribution is 2.47. The van der Waals surface area contributed by atoms with Gasteiger partial charge in [0.1, 0.15) is 0 Å². The van der Waals surface area contributed by atoms with E-state index < -0.39 is 7.27 Å². The molecular weight excluding hydrogens is 223 g/mol. The third kappa shape index (κ3) is 3.63. The van der Waals surface area contributed by atoms with Gasteiger partial charge < -0.3 is 0 Å². The molecule has 0 aliphatic heterocycles. The van der Waals surface area contributed by atoms with Crippen LogP contribution in [0.15, 0.2) is 42.5 Å². The van der Waals surface area contributed by atoms with E-state index in [0.29, 0.717) is 0 Å². The molecule has 1 atom stereocenters. The van der Waals surface area contributed by atoms with E-state index in [1.807, 2.05) is 18.2 Å². The highest BCUT2D eigenvalue weighted by molar-refractivity contribution is 7.90. The maximum Gasteiger partial charge on any atom is 0.0221 e. The normalized spacial score (nSPS) is 13.6. The molecule has 0 N–H and O–H groups in total. The molecule has 0 saturated heterocycles. The van der Waals surface area contributed by atoms with Crippen LogP contribution in [0.25, 0.3) is 0 Å². The number of benzene rings is 1. The van der Waals surface area contributed by atoms with E-state index in [9.17, 15) is 0 Å². The zero-order valence-electron chi connectivity index (χ0n) is 9.63. The maximum absolute atomic E-state index is 6.46. The Kier molecular flexibility index (Phi) is 4.37. The van der Waals surface area contributed by atoms with Crippen molar-refractivity contribution in [1.29, 1.82) is 0 Å². The predicted molar refractivity (Wildman–Crippen MR) is 72.3 cm³/mol. The summed E-state index contributed by atoms with van der Waals surface area (Å²) in [5, 5.41) is 1.25. The minimum atomic E-state index is -0.585. The van der Waals surface area contributed by atoms with E-state index in [1.54, 1.807) is 0 Å². The summed E-state index contributed by atoms with van der Waals surface area (Å²) in [5.74, 6) is 0. The first-order valence-electron chi connectivity index (χ1n) is 5.08. The van der Waals surface area contributed by atoms with Gasteiger partial charge in [0.25, 0.3) is 0 Å². The van der Waals surface area contributed by atoms with E-state index in [-0.39, 0.29) is 5.41 Å². The van der Waals surface area contributed by atoms with Crippen LogP contribution in [0.4, 0.5) is 0 Å². The smallest absolute Gasteiger partial charge is 0.0221 e. The van der Waals surface area contributed by atoms with Crippen molar-refractivity contribution >= 4 is 23.8 Å². The van der Waals surface area contributed by atoms with Gasteiger partial charge in [0.2, 0.25) is 0 Å².